The average Bonchev–Trinajstić information content (AvgIpc) is 2.19. The van der Waals surface area contributed by atoms with Crippen molar-refractivity contribution in [1.29, 1.82) is 0 Å². The van der Waals surface area contributed by atoms with Gasteiger partial charge in [0.2, 0.25) is 0 Å². The van der Waals surface area contributed by atoms with E-state index < -0.39 is 0 Å². The van der Waals surface area contributed by atoms with Crippen LogP contribution in [0, 0.1) is 0 Å². The maximum Gasteiger partial charge on any atom is 0.0790 e. The Balaban J connectivity index is 2.29. The van der Waals surface area contributed by atoms with E-state index in [2.05, 4.69) is 10.2 Å². The summed E-state index contributed by atoms with van der Waals surface area (Å²) in [5.74, 6) is 0. The molecule has 1 aromatic rings. The van der Waals surface area contributed by atoms with Gasteiger partial charge in [-0.1, -0.05) is 17.7 Å². The summed E-state index contributed by atoms with van der Waals surface area (Å²) in [5, 5.41) is 4.04. The SMILES string of the molecule is Nc1cccc(Cl)c1N1CCNCC1. The third-order valence-corrected chi connectivity index (χ3v) is 2.76. The Morgan fingerprint density at radius 2 is 2.00 bits per heavy atom. The van der Waals surface area contributed by atoms with Crippen LogP contribution in [0.15, 0.2) is 18.2 Å². The quantitative estimate of drug-likeness (QED) is 0.689. The lowest BCUT2D eigenvalue weighted by Crippen LogP contribution is -2.43. The largest absolute Gasteiger partial charge is 0.397 e. The normalized spacial score (nSPS) is 17.1. The number of nitrogen functional groups attached to an aromatic ring is 1. The van der Waals surface area contributed by atoms with E-state index in [1.165, 1.54) is 0 Å². The molecule has 14 heavy (non-hydrogen) atoms. The zero-order valence-electron chi connectivity index (χ0n) is 7.96. The van der Waals surface area contributed by atoms with E-state index in [4.69, 9.17) is 17.3 Å². The van der Waals surface area contributed by atoms with E-state index in [0.29, 0.717) is 0 Å². The molecule has 1 aromatic carbocycles. The first kappa shape index (κ1) is 9.62. The number of piperazine rings is 1. The van der Waals surface area contributed by atoms with E-state index in [-0.39, 0.29) is 0 Å². The van der Waals surface area contributed by atoms with Gasteiger partial charge < -0.3 is 16.0 Å². The number of hydrogen-bond acceptors (Lipinski definition) is 3. The highest BCUT2D eigenvalue weighted by molar-refractivity contribution is 6.34. The lowest BCUT2D eigenvalue weighted by molar-refractivity contribution is 0.590. The molecular weight excluding hydrogens is 198 g/mol. The van der Waals surface area contributed by atoms with Crippen molar-refractivity contribution in [2.45, 2.75) is 0 Å². The van der Waals surface area contributed by atoms with Gasteiger partial charge in [-0.3, -0.25) is 0 Å². The number of nitrogens with two attached hydrogens (primary N) is 1. The first-order chi connectivity index (χ1) is 6.79. The predicted octanol–water partition coefficient (Wildman–Crippen LogP) is 1.33. The molecule has 0 saturated carbocycles. The number of benzene rings is 1. The van der Waals surface area contributed by atoms with Crippen LogP contribution in [-0.4, -0.2) is 26.2 Å². The maximum absolute atomic E-state index is 6.12. The zero-order valence-corrected chi connectivity index (χ0v) is 8.72. The summed E-state index contributed by atoms with van der Waals surface area (Å²) in [4.78, 5) is 2.23. The minimum absolute atomic E-state index is 0.743. The molecule has 0 spiro atoms. The molecule has 1 aliphatic heterocycles. The Morgan fingerprint density at radius 3 is 2.64 bits per heavy atom. The van der Waals surface area contributed by atoms with Crippen molar-refractivity contribution >= 4 is 23.0 Å². The Bertz CT molecular complexity index is 301. The molecular formula is C10H14ClN3. The number of rotatable bonds is 1. The second-order valence-electron chi connectivity index (χ2n) is 3.41. The molecule has 76 valence electrons. The summed E-state index contributed by atoms with van der Waals surface area (Å²) < 4.78 is 0. The fraction of sp³-hybridized carbons (Fsp3) is 0.400. The van der Waals surface area contributed by atoms with Crippen molar-refractivity contribution in [3.05, 3.63) is 23.2 Å². The number of nitrogens with one attached hydrogen (secondary N) is 1. The Morgan fingerprint density at radius 1 is 1.29 bits per heavy atom. The van der Waals surface area contributed by atoms with Crippen LogP contribution in [0.2, 0.25) is 5.02 Å². The van der Waals surface area contributed by atoms with Gasteiger partial charge in [0.15, 0.2) is 0 Å². The van der Waals surface area contributed by atoms with Crippen molar-refractivity contribution in [1.82, 2.24) is 5.32 Å². The highest BCUT2D eigenvalue weighted by Crippen LogP contribution is 2.31. The lowest BCUT2D eigenvalue weighted by atomic mass is 10.2. The summed E-state index contributed by atoms with van der Waals surface area (Å²) in [6.07, 6.45) is 0. The van der Waals surface area contributed by atoms with E-state index in [0.717, 1.165) is 42.6 Å². The standard InChI is InChI=1S/C10H14ClN3/c11-8-2-1-3-9(12)10(8)14-6-4-13-5-7-14/h1-3,13H,4-7,12H2. The molecule has 3 N–H and O–H groups in total. The van der Waals surface area contributed by atoms with Crippen LogP contribution in [-0.2, 0) is 0 Å². The Labute approximate surface area is 88.8 Å². The van der Waals surface area contributed by atoms with Gasteiger partial charge in [-0.2, -0.15) is 0 Å². The van der Waals surface area contributed by atoms with Crippen LogP contribution < -0.4 is 16.0 Å². The molecule has 3 nitrogen and oxygen atoms in total. The highest BCUT2D eigenvalue weighted by Gasteiger charge is 2.15. The molecule has 1 heterocycles. The second kappa shape index (κ2) is 4.07. The lowest BCUT2D eigenvalue weighted by Gasteiger charge is -2.31. The fourth-order valence-electron chi connectivity index (χ4n) is 1.75. The van der Waals surface area contributed by atoms with Gasteiger partial charge in [0.25, 0.3) is 0 Å². The van der Waals surface area contributed by atoms with Crippen LogP contribution in [0.5, 0.6) is 0 Å². The number of nitrogens with zero attached hydrogens (tertiary/aromatic N) is 1. The van der Waals surface area contributed by atoms with Crippen LogP contribution in [0.1, 0.15) is 0 Å². The van der Waals surface area contributed by atoms with Gasteiger partial charge in [0.05, 0.1) is 16.4 Å². The molecule has 0 radical (unpaired) electrons. The zero-order chi connectivity index (χ0) is 9.97. The number of anilines is 2. The molecule has 0 atom stereocenters. The molecule has 2 rings (SSSR count). The van der Waals surface area contributed by atoms with Gasteiger partial charge in [0.1, 0.15) is 0 Å². The van der Waals surface area contributed by atoms with Crippen LogP contribution in [0.3, 0.4) is 0 Å². The van der Waals surface area contributed by atoms with Crippen LogP contribution in [0.4, 0.5) is 11.4 Å². The smallest absolute Gasteiger partial charge is 0.0790 e. The van der Waals surface area contributed by atoms with Crippen molar-refractivity contribution in [2.24, 2.45) is 0 Å². The molecule has 0 aromatic heterocycles. The topological polar surface area (TPSA) is 41.3 Å². The molecule has 0 bridgehead atoms. The first-order valence-corrected chi connectivity index (χ1v) is 5.16. The second-order valence-corrected chi connectivity index (χ2v) is 3.82. The molecule has 0 aliphatic carbocycles. The number of para-hydroxylation sites is 1. The van der Waals surface area contributed by atoms with Crippen molar-refractivity contribution in [3.8, 4) is 0 Å². The summed E-state index contributed by atoms with van der Waals surface area (Å²) in [5.41, 5.74) is 7.65. The molecule has 1 fully saturated rings. The minimum Gasteiger partial charge on any atom is -0.397 e. The fourth-order valence-corrected chi connectivity index (χ4v) is 2.06. The molecule has 0 unspecified atom stereocenters. The van der Waals surface area contributed by atoms with Crippen LogP contribution >= 0.6 is 11.6 Å². The summed E-state index contributed by atoms with van der Waals surface area (Å²) in [7, 11) is 0. The van der Waals surface area contributed by atoms with E-state index in [1.54, 1.807) is 0 Å². The number of hydrogen-bond donors (Lipinski definition) is 2. The first-order valence-electron chi connectivity index (χ1n) is 4.78. The van der Waals surface area contributed by atoms with Crippen LogP contribution in [0.25, 0.3) is 0 Å². The van der Waals surface area contributed by atoms with Gasteiger partial charge in [-0.25, -0.2) is 0 Å². The highest BCUT2D eigenvalue weighted by atomic mass is 35.5. The van der Waals surface area contributed by atoms with E-state index in [1.807, 2.05) is 18.2 Å². The van der Waals surface area contributed by atoms with Crippen molar-refractivity contribution in [3.63, 3.8) is 0 Å². The van der Waals surface area contributed by atoms with Gasteiger partial charge in [0, 0.05) is 26.2 Å². The molecule has 1 saturated heterocycles. The van der Waals surface area contributed by atoms with E-state index in [9.17, 15) is 0 Å². The molecule has 0 amide bonds. The monoisotopic (exact) mass is 211 g/mol. The predicted molar refractivity (Wildman–Crippen MR) is 60.9 cm³/mol. The Hall–Kier alpha value is -0.930. The number of halogens is 1. The van der Waals surface area contributed by atoms with Gasteiger partial charge in [-0.15, -0.1) is 0 Å². The van der Waals surface area contributed by atoms with Crippen molar-refractivity contribution in [2.75, 3.05) is 36.8 Å². The van der Waals surface area contributed by atoms with E-state index >= 15 is 0 Å². The summed E-state index contributed by atoms with van der Waals surface area (Å²) >= 11 is 6.12. The van der Waals surface area contributed by atoms with Gasteiger partial charge >= 0.3 is 0 Å². The minimum atomic E-state index is 0.743. The maximum atomic E-state index is 6.12. The molecule has 1 aliphatic rings. The van der Waals surface area contributed by atoms with Gasteiger partial charge in [-0.05, 0) is 12.1 Å². The molecule has 4 heteroatoms. The average molecular weight is 212 g/mol. The summed E-state index contributed by atoms with van der Waals surface area (Å²) in [6.45, 7) is 3.91. The Kier molecular flexibility index (Phi) is 2.79. The third-order valence-electron chi connectivity index (χ3n) is 2.45. The third kappa shape index (κ3) is 1.79. The van der Waals surface area contributed by atoms with Crippen molar-refractivity contribution < 1.29 is 0 Å². The summed E-state index contributed by atoms with van der Waals surface area (Å²) in [6, 6.07) is 5.65.